The van der Waals surface area contributed by atoms with Crippen molar-refractivity contribution in [3.63, 3.8) is 0 Å². The van der Waals surface area contributed by atoms with E-state index in [9.17, 15) is 16.8 Å². The summed E-state index contributed by atoms with van der Waals surface area (Å²) in [4.78, 5) is 0. The van der Waals surface area contributed by atoms with Crippen molar-refractivity contribution < 1.29 is 16.8 Å². The number of rotatable bonds is 5. The molecule has 0 rings (SSSR count). The Balaban J connectivity index is -0.000000216. The lowest BCUT2D eigenvalue weighted by atomic mass is 10.7. The van der Waals surface area contributed by atoms with E-state index in [-0.39, 0.29) is 5.75 Å². The molecule has 0 saturated heterocycles. The normalized spacial score (nSPS) is 10.5. The fourth-order valence-corrected chi connectivity index (χ4v) is 0.820. The summed E-state index contributed by atoms with van der Waals surface area (Å²) >= 11 is 0. The van der Waals surface area contributed by atoms with Crippen LogP contribution in [0.1, 0.15) is 13.8 Å². The van der Waals surface area contributed by atoms with Crippen molar-refractivity contribution in [2.75, 3.05) is 25.4 Å². The smallest absolute Gasteiger partial charge is 0.230 e. The number of hydrogen-bond donors (Lipinski definition) is 4. The summed E-state index contributed by atoms with van der Waals surface area (Å²) in [6.07, 6.45) is 0. The molecule has 0 atom stereocenters. The highest BCUT2D eigenvalue weighted by Crippen LogP contribution is 1.72. The number of sulfonamides is 2. The Morgan fingerprint density at radius 1 is 1.17 bits per heavy atom. The van der Waals surface area contributed by atoms with E-state index in [1.165, 1.54) is 0 Å². The van der Waals surface area contributed by atoms with Crippen LogP contribution in [0.15, 0.2) is 12.0 Å². The first-order valence-corrected chi connectivity index (χ1v) is 8.43. The maximum atomic E-state index is 10.2. The Morgan fingerprint density at radius 3 is 1.67 bits per heavy atom. The molecule has 0 aliphatic rings. The summed E-state index contributed by atoms with van der Waals surface area (Å²) in [5.41, 5.74) is 4.85. The van der Waals surface area contributed by atoms with Gasteiger partial charge in [-0.3, -0.25) is 0 Å². The second-order valence-electron chi connectivity index (χ2n) is 2.88. The van der Waals surface area contributed by atoms with Gasteiger partial charge < -0.3 is 11.1 Å². The second-order valence-corrected chi connectivity index (χ2v) is 6.13. The van der Waals surface area contributed by atoms with Crippen LogP contribution in [0.2, 0.25) is 0 Å². The first-order valence-electron chi connectivity index (χ1n) is 5.10. The van der Waals surface area contributed by atoms with Crippen LogP contribution < -0.4 is 21.3 Å². The Morgan fingerprint density at radius 2 is 1.50 bits per heavy atom. The van der Waals surface area contributed by atoms with Gasteiger partial charge in [-0.25, -0.2) is 27.1 Å². The van der Waals surface area contributed by atoms with E-state index in [0.29, 0.717) is 12.0 Å². The molecule has 0 aliphatic heterocycles. The van der Waals surface area contributed by atoms with Crippen LogP contribution >= 0.6 is 0 Å². The van der Waals surface area contributed by atoms with Crippen LogP contribution in [0.4, 0.5) is 0 Å². The summed E-state index contributed by atoms with van der Waals surface area (Å²) in [6, 6.07) is 0. The molecule has 0 spiro atoms. The van der Waals surface area contributed by atoms with Crippen LogP contribution in [0.5, 0.6) is 0 Å². The second kappa shape index (κ2) is 12.9. The highest BCUT2D eigenvalue weighted by Gasteiger charge is 1.98. The highest BCUT2D eigenvalue weighted by molar-refractivity contribution is 7.92. The summed E-state index contributed by atoms with van der Waals surface area (Å²) in [5, 5.41) is 12.6. The fourth-order valence-electron chi connectivity index (χ4n) is 0.391. The van der Waals surface area contributed by atoms with Gasteiger partial charge in [0, 0.05) is 12.0 Å². The van der Waals surface area contributed by atoms with Gasteiger partial charge in [0.1, 0.15) is 0 Å². The van der Waals surface area contributed by atoms with Gasteiger partial charge in [0.15, 0.2) is 0 Å². The van der Waals surface area contributed by atoms with Gasteiger partial charge in [-0.1, -0.05) is 20.4 Å². The molecule has 0 aromatic heterocycles. The molecule has 7 N–H and O–H groups in total. The Labute approximate surface area is 110 Å². The predicted molar refractivity (Wildman–Crippen MR) is 74.6 cm³/mol. The summed E-state index contributed by atoms with van der Waals surface area (Å²) in [7, 11) is -6.66. The molecule has 18 heavy (non-hydrogen) atoms. The molecule has 0 unspecified atom stereocenters. The predicted octanol–water partition coefficient (Wildman–Crippen LogP) is -1.73. The third kappa shape index (κ3) is 45.1. The third-order valence-corrected chi connectivity index (χ3v) is 2.28. The van der Waals surface area contributed by atoms with Crippen molar-refractivity contribution in [2.24, 2.45) is 16.0 Å². The maximum absolute atomic E-state index is 10.2. The zero-order valence-corrected chi connectivity index (χ0v) is 12.4. The molecule has 0 radical (unpaired) electrons. The quantitative estimate of drug-likeness (QED) is 0.442. The number of primary sulfonamides is 2. The maximum Gasteiger partial charge on any atom is 0.230 e. The molecule has 10 heteroatoms. The molecule has 112 valence electrons. The standard InChI is InChI=1S/C4H12N2O2S.C2H5NO2S.C2H7N/c1-2-6-3-4-9(5,7)8;1-2-6(3,4)5;1-2-3/h6H,2-4H2,1H3,(H2,5,7,8);2H,1H2,(H2,3,4,5);2-3H2,1H3. The van der Waals surface area contributed by atoms with Gasteiger partial charge >= 0.3 is 0 Å². The van der Waals surface area contributed by atoms with E-state index >= 15 is 0 Å². The van der Waals surface area contributed by atoms with Crippen LogP contribution in [0, 0.1) is 0 Å². The van der Waals surface area contributed by atoms with Crippen molar-refractivity contribution in [1.29, 1.82) is 0 Å². The van der Waals surface area contributed by atoms with E-state index in [4.69, 9.17) is 10.9 Å². The Hall–Kier alpha value is -0.520. The topological polar surface area (TPSA) is 158 Å². The van der Waals surface area contributed by atoms with Crippen molar-refractivity contribution in [3.05, 3.63) is 12.0 Å². The zero-order chi connectivity index (χ0) is 15.2. The number of nitrogens with one attached hydrogen (secondary N) is 1. The molecule has 0 aliphatic carbocycles. The molecule has 0 amide bonds. The summed E-state index contributed by atoms with van der Waals surface area (Å²) in [6.45, 7) is 8.69. The largest absolute Gasteiger partial charge is 0.331 e. The van der Waals surface area contributed by atoms with E-state index in [1.807, 2.05) is 13.8 Å². The third-order valence-electron chi connectivity index (χ3n) is 1.05. The molecule has 0 bridgehead atoms. The lowest BCUT2D eigenvalue weighted by Crippen LogP contribution is -2.26. The fraction of sp³-hybridized carbons (Fsp3) is 0.750. The molecule has 0 heterocycles. The van der Waals surface area contributed by atoms with Gasteiger partial charge in [0.2, 0.25) is 20.0 Å². The molecule has 0 aromatic carbocycles. The van der Waals surface area contributed by atoms with Crippen LogP contribution in [-0.2, 0) is 20.0 Å². The minimum Gasteiger partial charge on any atom is -0.331 e. The van der Waals surface area contributed by atoms with E-state index in [2.05, 4.69) is 17.0 Å². The SMILES string of the molecule is C=CS(N)(=O)=O.CCN.CCNCCS(N)(=O)=O. The first kappa shape index (κ1) is 22.6. The minimum absolute atomic E-state index is 0.0147. The average molecular weight is 304 g/mol. The van der Waals surface area contributed by atoms with Gasteiger partial charge in [-0.15, -0.1) is 0 Å². The monoisotopic (exact) mass is 304 g/mol. The Kier molecular flexibility index (Phi) is 16.3. The van der Waals surface area contributed by atoms with Gasteiger partial charge in [-0.05, 0) is 13.1 Å². The Bertz CT molecular complexity index is 366. The van der Waals surface area contributed by atoms with Crippen LogP contribution in [0.3, 0.4) is 0 Å². The van der Waals surface area contributed by atoms with Crippen molar-refractivity contribution in [2.45, 2.75) is 13.8 Å². The summed E-state index contributed by atoms with van der Waals surface area (Å²) in [5.74, 6) is 0.0147. The van der Waals surface area contributed by atoms with E-state index in [0.717, 1.165) is 13.1 Å². The lowest BCUT2D eigenvalue weighted by Gasteiger charge is -1.97. The highest BCUT2D eigenvalue weighted by atomic mass is 32.2. The molecular formula is C8H24N4O4S2. The molecular weight excluding hydrogens is 280 g/mol. The van der Waals surface area contributed by atoms with E-state index < -0.39 is 20.0 Å². The van der Waals surface area contributed by atoms with Crippen molar-refractivity contribution in [3.8, 4) is 0 Å². The average Bonchev–Trinajstić information content (AvgIpc) is 2.17. The molecule has 0 saturated carbocycles. The van der Waals surface area contributed by atoms with Gasteiger partial charge in [0.25, 0.3) is 0 Å². The minimum atomic E-state index is -3.40. The van der Waals surface area contributed by atoms with Gasteiger partial charge in [0.05, 0.1) is 5.75 Å². The number of hydrogen-bond acceptors (Lipinski definition) is 6. The van der Waals surface area contributed by atoms with Crippen LogP contribution in [0.25, 0.3) is 0 Å². The van der Waals surface area contributed by atoms with E-state index in [1.54, 1.807) is 0 Å². The van der Waals surface area contributed by atoms with Crippen molar-refractivity contribution in [1.82, 2.24) is 5.32 Å². The first-order chi connectivity index (χ1) is 8.04. The van der Waals surface area contributed by atoms with Crippen LogP contribution in [-0.4, -0.2) is 42.2 Å². The molecule has 8 nitrogen and oxygen atoms in total. The zero-order valence-electron chi connectivity index (χ0n) is 10.8. The molecule has 0 aromatic rings. The number of nitrogens with two attached hydrogens (primary N) is 3. The summed E-state index contributed by atoms with van der Waals surface area (Å²) < 4.78 is 39.8. The van der Waals surface area contributed by atoms with Crippen molar-refractivity contribution >= 4 is 20.0 Å². The molecule has 0 fully saturated rings. The lowest BCUT2D eigenvalue weighted by molar-refractivity contribution is 0.593. The van der Waals surface area contributed by atoms with Gasteiger partial charge in [-0.2, -0.15) is 0 Å².